The number of carboxylic acid groups (broad SMARTS) is 1. The summed E-state index contributed by atoms with van der Waals surface area (Å²) in [6.07, 6.45) is 0. The van der Waals surface area contributed by atoms with E-state index in [0.717, 1.165) is 18.2 Å². The molecule has 0 saturated carbocycles. The van der Waals surface area contributed by atoms with Crippen molar-refractivity contribution in [1.82, 2.24) is 0 Å². The van der Waals surface area contributed by atoms with Crippen molar-refractivity contribution in [1.29, 1.82) is 0 Å². The van der Waals surface area contributed by atoms with Gasteiger partial charge in [0.1, 0.15) is 0 Å². The van der Waals surface area contributed by atoms with Gasteiger partial charge in [0, 0.05) is 5.39 Å². The van der Waals surface area contributed by atoms with Crippen LogP contribution in [0.25, 0.3) is 10.8 Å². The Morgan fingerprint density at radius 3 is 2.56 bits per heavy atom. The highest BCUT2D eigenvalue weighted by Crippen LogP contribution is 2.18. The third-order valence-electron chi connectivity index (χ3n) is 2.04. The molecule has 0 atom stereocenters. The molecule has 1 aromatic carbocycles. The van der Waals surface area contributed by atoms with Crippen LogP contribution in [0, 0.1) is 11.6 Å². The van der Waals surface area contributed by atoms with Crippen LogP contribution in [0.1, 0.15) is 10.6 Å². The zero-order valence-corrected chi connectivity index (χ0v) is 7.66. The Balaban J connectivity index is 2.94. The molecule has 0 bridgehead atoms. The van der Waals surface area contributed by atoms with Gasteiger partial charge in [-0.3, -0.25) is 0 Å². The van der Waals surface area contributed by atoms with Crippen molar-refractivity contribution in [3.05, 3.63) is 46.0 Å². The van der Waals surface area contributed by atoms with Crippen LogP contribution in [0.15, 0.2) is 27.4 Å². The highest BCUT2D eigenvalue weighted by Gasteiger charge is 2.15. The zero-order valence-electron chi connectivity index (χ0n) is 7.66. The van der Waals surface area contributed by atoms with Crippen molar-refractivity contribution in [3.8, 4) is 0 Å². The summed E-state index contributed by atoms with van der Waals surface area (Å²) in [5, 5.41) is 7.97. The van der Waals surface area contributed by atoms with Gasteiger partial charge < -0.3 is 9.52 Å². The largest absolute Gasteiger partial charge is 0.475 e. The Morgan fingerprint density at radius 1 is 1.25 bits per heavy atom. The first kappa shape index (κ1) is 10.3. The summed E-state index contributed by atoms with van der Waals surface area (Å²) < 4.78 is 30.5. The molecular formula is C10H4F2O4. The fourth-order valence-corrected chi connectivity index (χ4v) is 1.31. The summed E-state index contributed by atoms with van der Waals surface area (Å²) in [6, 6.07) is 2.58. The van der Waals surface area contributed by atoms with Crippen LogP contribution >= 0.6 is 0 Å². The summed E-state index contributed by atoms with van der Waals surface area (Å²) >= 11 is 0. The Bertz CT molecular complexity index is 645. The van der Waals surface area contributed by atoms with E-state index in [9.17, 15) is 18.4 Å². The topological polar surface area (TPSA) is 67.5 Å². The third kappa shape index (κ3) is 1.44. The number of halogens is 2. The molecule has 0 radical (unpaired) electrons. The molecular weight excluding hydrogens is 222 g/mol. The van der Waals surface area contributed by atoms with Gasteiger partial charge in [-0.25, -0.2) is 18.4 Å². The summed E-state index contributed by atoms with van der Waals surface area (Å²) in [5.41, 5.74) is -1.02. The number of rotatable bonds is 1. The highest BCUT2D eigenvalue weighted by atomic mass is 19.2. The molecule has 1 aromatic heterocycles. The fourth-order valence-electron chi connectivity index (χ4n) is 1.31. The van der Waals surface area contributed by atoms with Crippen LogP contribution in [-0.4, -0.2) is 11.1 Å². The van der Waals surface area contributed by atoms with E-state index in [1.54, 1.807) is 0 Å². The van der Waals surface area contributed by atoms with Gasteiger partial charge in [-0.15, -0.1) is 0 Å². The third-order valence-corrected chi connectivity index (χ3v) is 2.04. The SMILES string of the molecule is O=C(O)c1cc2c(F)c(F)ccc2c(=O)o1. The average molecular weight is 226 g/mol. The summed E-state index contributed by atoms with van der Waals surface area (Å²) in [4.78, 5) is 21.8. The highest BCUT2D eigenvalue weighted by molar-refractivity contribution is 5.90. The minimum Gasteiger partial charge on any atom is -0.475 e. The molecule has 6 heteroatoms. The number of hydrogen-bond donors (Lipinski definition) is 1. The predicted molar refractivity (Wildman–Crippen MR) is 49.4 cm³/mol. The Hall–Kier alpha value is -2.24. The van der Waals surface area contributed by atoms with E-state index < -0.39 is 34.4 Å². The Kier molecular flexibility index (Phi) is 2.19. The van der Waals surface area contributed by atoms with Crippen molar-refractivity contribution in [3.63, 3.8) is 0 Å². The zero-order chi connectivity index (χ0) is 11.9. The van der Waals surface area contributed by atoms with Crippen LogP contribution in [0.3, 0.4) is 0 Å². The first-order chi connectivity index (χ1) is 7.50. The van der Waals surface area contributed by atoms with Gasteiger partial charge in [0.25, 0.3) is 0 Å². The Labute approximate surface area is 86.7 Å². The van der Waals surface area contributed by atoms with Crippen molar-refractivity contribution in [2.75, 3.05) is 0 Å². The first-order valence-corrected chi connectivity index (χ1v) is 4.16. The monoisotopic (exact) mass is 226 g/mol. The first-order valence-electron chi connectivity index (χ1n) is 4.16. The molecule has 0 aliphatic heterocycles. The van der Waals surface area contributed by atoms with Gasteiger partial charge in [-0.1, -0.05) is 0 Å². The Morgan fingerprint density at radius 2 is 1.94 bits per heavy atom. The van der Waals surface area contributed by atoms with E-state index in [0.29, 0.717) is 0 Å². The predicted octanol–water partition coefficient (Wildman–Crippen LogP) is 1.77. The van der Waals surface area contributed by atoms with Gasteiger partial charge in [0.05, 0.1) is 5.39 Å². The molecule has 0 spiro atoms. The van der Waals surface area contributed by atoms with Gasteiger partial charge in [0.15, 0.2) is 11.6 Å². The molecule has 2 rings (SSSR count). The van der Waals surface area contributed by atoms with E-state index in [-0.39, 0.29) is 5.39 Å². The van der Waals surface area contributed by atoms with Gasteiger partial charge in [-0.2, -0.15) is 0 Å². The molecule has 1 heterocycles. The number of benzene rings is 1. The molecule has 16 heavy (non-hydrogen) atoms. The number of carbonyl (C=O) groups is 1. The molecule has 4 nitrogen and oxygen atoms in total. The number of carboxylic acids is 1. The lowest BCUT2D eigenvalue weighted by atomic mass is 10.1. The van der Waals surface area contributed by atoms with Crippen LogP contribution in [-0.2, 0) is 0 Å². The molecule has 0 fully saturated rings. The second-order valence-corrected chi connectivity index (χ2v) is 3.03. The number of fused-ring (bicyclic) bond motifs is 1. The van der Waals surface area contributed by atoms with Crippen LogP contribution in [0.2, 0.25) is 0 Å². The molecule has 0 aliphatic carbocycles. The lowest BCUT2D eigenvalue weighted by Gasteiger charge is -2.00. The maximum absolute atomic E-state index is 13.3. The molecule has 0 amide bonds. The van der Waals surface area contributed by atoms with Crippen LogP contribution < -0.4 is 5.63 Å². The van der Waals surface area contributed by atoms with Gasteiger partial charge in [0.2, 0.25) is 5.76 Å². The van der Waals surface area contributed by atoms with Crippen molar-refractivity contribution in [2.45, 2.75) is 0 Å². The smallest absolute Gasteiger partial charge is 0.371 e. The minimum absolute atomic E-state index is 0.205. The van der Waals surface area contributed by atoms with E-state index in [2.05, 4.69) is 4.42 Å². The van der Waals surface area contributed by atoms with E-state index in [1.165, 1.54) is 0 Å². The molecule has 0 aliphatic rings. The second-order valence-electron chi connectivity index (χ2n) is 3.03. The minimum atomic E-state index is -1.53. The average Bonchev–Trinajstić information content (AvgIpc) is 2.23. The summed E-state index contributed by atoms with van der Waals surface area (Å²) in [6.45, 7) is 0. The van der Waals surface area contributed by atoms with E-state index in [1.807, 2.05) is 0 Å². The lowest BCUT2D eigenvalue weighted by molar-refractivity contribution is 0.0658. The molecule has 0 saturated heterocycles. The summed E-state index contributed by atoms with van der Waals surface area (Å²) in [7, 11) is 0. The molecule has 1 N–H and O–H groups in total. The molecule has 0 unspecified atom stereocenters. The van der Waals surface area contributed by atoms with Crippen molar-refractivity contribution >= 4 is 16.7 Å². The van der Waals surface area contributed by atoms with E-state index in [4.69, 9.17) is 5.11 Å². The number of aromatic carboxylic acids is 1. The number of hydrogen-bond acceptors (Lipinski definition) is 3. The normalized spacial score (nSPS) is 10.6. The van der Waals surface area contributed by atoms with Gasteiger partial charge in [-0.05, 0) is 18.2 Å². The second kappa shape index (κ2) is 3.41. The molecule has 82 valence electrons. The quantitative estimate of drug-likeness (QED) is 0.804. The maximum atomic E-state index is 13.3. The van der Waals surface area contributed by atoms with Crippen LogP contribution in [0.4, 0.5) is 8.78 Å². The standard InChI is InChI=1S/C10H4F2O4/c11-6-2-1-4-5(8(6)12)3-7(9(13)14)16-10(4)15/h1-3H,(H,13,14). The lowest BCUT2D eigenvalue weighted by Crippen LogP contribution is -2.07. The van der Waals surface area contributed by atoms with E-state index >= 15 is 0 Å². The van der Waals surface area contributed by atoms with Crippen LogP contribution in [0.5, 0.6) is 0 Å². The maximum Gasteiger partial charge on any atom is 0.371 e. The van der Waals surface area contributed by atoms with Crippen molar-refractivity contribution in [2.24, 2.45) is 0 Å². The van der Waals surface area contributed by atoms with Gasteiger partial charge >= 0.3 is 11.6 Å². The molecule has 2 aromatic rings. The van der Waals surface area contributed by atoms with Crippen molar-refractivity contribution < 1.29 is 23.1 Å². The fraction of sp³-hybridized carbons (Fsp3) is 0. The summed E-state index contributed by atoms with van der Waals surface area (Å²) in [5.74, 6) is -4.69.